The van der Waals surface area contributed by atoms with E-state index < -0.39 is 29.8 Å². The molecule has 1 aliphatic heterocycles. The highest BCUT2D eigenvalue weighted by Crippen LogP contribution is 2.24. The van der Waals surface area contributed by atoms with Crippen LogP contribution < -0.4 is 0 Å². The van der Waals surface area contributed by atoms with E-state index in [1.54, 1.807) is 0 Å². The van der Waals surface area contributed by atoms with Gasteiger partial charge in [0.05, 0.1) is 12.7 Å². The van der Waals surface area contributed by atoms with Crippen molar-refractivity contribution in [3.05, 3.63) is 29.6 Å². The van der Waals surface area contributed by atoms with E-state index in [1.165, 1.54) is 25.4 Å². The summed E-state index contributed by atoms with van der Waals surface area (Å²) in [5.74, 6) is -3.47. The van der Waals surface area contributed by atoms with Crippen LogP contribution in [0.2, 0.25) is 0 Å². The van der Waals surface area contributed by atoms with Crippen molar-refractivity contribution in [1.82, 2.24) is 9.88 Å². The molecule has 1 N–H and O–H groups in total. The van der Waals surface area contributed by atoms with E-state index in [0.29, 0.717) is 4.90 Å². The maximum atomic E-state index is 12.2. The molecule has 1 unspecified atom stereocenters. The van der Waals surface area contributed by atoms with E-state index in [9.17, 15) is 24.3 Å². The first kappa shape index (κ1) is 14.6. The van der Waals surface area contributed by atoms with Crippen LogP contribution in [-0.4, -0.2) is 51.9 Å². The van der Waals surface area contributed by atoms with Crippen molar-refractivity contribution in [3.8, 4) is 0 Å². The molecule has 110 valence electrons. The molecule has 0 spiro atoms. The van der Waals surface area contributed by atoms with Gasteiger partial charge in [-0.3, -0.25) is 24.3 Å². The van der Waals surface area contributed by atoms with Gasteiger partial charge in [-0.25, -0.2) is 4.79 Å². The summed E-state index contributed by atoms with van der Waals surface area (Å²) >= 11 is 0. The molecule has 0 bridgehead atoms. The number of carboxylic acid groups (broad SMARTS) is 1. The molecule has 1 aliphatic rings. The quantitative estimate of drug-likeness (QED) is 0.604. The third kappa shape index (κ3) is 2.60. The Morgan fingerprint density at radius 2 is 2.10 bits per heavy atom. The maximum absolute atomic E-state index is 12.2. The summed E-state index contributed by atoms with van der Waals surface area (Å²) in [5.41, 5.74) is -0.0152. The lowest BCUT2D eigenvalue weighted by molar-refractivity contribution is -0.143. The average molecular weight is 292 g/mol. The molecular weight excluding hydrogens is 280 g/mol. The molecule has 2 heterocycles. The predicted molar refractivity (Wildman–Crippen MR) is 67.4 cm³/mol. The molecule has 21 heavy (non-hydrogen) atoms. The van der Waals surface area contributed by atoms with Crippen molar-refractivity contribution in [2.45, 2.75) is 18.9 Å². The molecule has 0 aliphatic carbocycles. The molecule has 2 amide bonds. The highest BCUT2D eigenvalue weighted by atomic mass is 16.5. The van der Waals surface area contributed by atoms with Gasteiger partial charge in [0.1, 0.15) is 11.7 Å². The normalized spacial score (nSPS) is 14.8. The summed E-state index contributed by atoms with van der Waals surface area (Å²) in [6.45, 7) is 0. The number of aromatic nitrogens is 1. The zero-order chi connectivity index (χ0) is 15.6. The molecule has 1 atom stereocenters. The molecular formula is C13H12N2O6. The molecule has 8 nitrogen and oxygen atoms in total. The van der Waals surface area contributed by atoms with E-state index in [4.69, 9.17) is 0 Å². The molecule has 1 aromatic rings. The Balaban J connectivity index is 2.27. The number of aliphatic carboxylic acids is 1. The molecule has 0 saturated heterocycles. The molecule has 0 fully saturated rings. The minimum Gasteiger partial charge on any atom is -0.480 e. The van der Waals surface area contributed by atoms with Gasteiger partial charge in [0.15, 0.2) is 0 Å². The number of hydrogen-bond acceptors (Lipinski definition) is 6. The standard InChI is InChI=1S/C13H12N2O6/c1-21-9(16)5-4-8(13(19)20)15-11(17)7-3-2-6-14-10(7)12(15)18/h2-3,6,8H,4-5H2,1H3,(H,19,20). The number of pyridine rings is 1. The van der Waals surface area contributed by atoms with Crippen LogP contribution in [0.3, 0.4) is 0 Å². The van der Waals surface area contributed by atoms with E-state index in [0.717, 1.165) is 0 Å². The summed E-state index contributed by atoms with van der Waals surface area (Å²) in [7, 11) is 1.17. The number of amides is 2. The Morgan fingerprint density at radius 1 is 1.38 bits per heavy atom. The van der Waals surface area contributed by atoms with Crippen molar-refractivity contribution in [2.75, 3.05) is 7.11 Å². The van der Waals surface area contributed by atoms with Crippen LogP contribution >= 0.6 is 0 Å². The van der Waals surface area contributed by atoms with Gasteiger partial charge in [-0.05, 0) is 18.6 Å². The third-order valence-corrected chi connectivity index (χ3v) is 3.12. The van der Waals surface area contributed by atoms with Gasteiger partial charge in [-0.15, -0.1) is 0 Å². The van der Waals surface area contributed by atoms with Crippen molar-refractivity contribution < 1.29 is 29.0 Å². The van der Waals surface area contributed by atoms with Crippen LogP contribution in [0.5, 0.6) is 0 Å². The Labute approximate surface area is 119 Å². The molecule has 0 saturated carbocycles. The lowest BCUT2D eigenvalue weighted by Gasteiger charge is -2.21. The number of carbonyl (C=O) groups is 4. The van der Waals surface area contributed by atoms with Crippen molar-refractivity contribution in [1.29, 1.82) is 0 Å². The number of hydrogen-bond donors (Lipinski definition) is 1. The van der Waals surface area contributed by atoms with Crippen LogP contribution in [0.15, 0.2) is 18.3 Å². The second-order valence-electron chi connectivity index (χ2n) is 4.35. The maximum Gasteiger partial charge on any atom is 0.326 e. The van der Waals surface area contributed by atoms with Gasteiger partial charge >= 0.3 is 11.9 Å². The fourth-order valence-corrected chi connectivity index (χ4v) is 2.09. The first-order valence-electron chi connectivity index (χ1n) is 6.10. The van der Waals surface area contributed by atoms with Crippen LogP contribution in [0.25, 0.3) is 0 Å². The molecule has 0 aromatic carbocycles. The monoisotopic (exact) mass is 292 g/mol. The lowest BCUT2D eigenvalue weighted by atomic mass is 10.1. The number of esters is 1. The number of rotatable bonds is 5. The molecule has 0 radical (unpaired) electrons. The van der Waals surface area contributed by atoms with E-state index in [2.05, 4.69) is 9.72 Å². The van der Waals surface area contributed by atoms with Gasteiger partial charge in [0, 0.05) is 12.6 Å². The largest absolute Gasteiger partial charge is 0.480 e. The minimum absolute atomic E-state index is 0.0619. The summed E-state index contributed by atoms with van der Waals surface area (Å²) in [5, 5.41) is 9.22. The first-order chi connectivity index (χ1) is 9.97. The molecule has 1 aromatic heterocycles. The smallest absolute Gasteiger partial charge is 0.326 e. The summed E-state index contributed by atoms with van der Waals surface area (Å²) < 4.78 is 4.43. The zero-order valence-corrected chi connectivity index (χ0v) is 11.1. The van der Waals surface area contributed by atoms with Crippen molar-refractivity contribution in [2.24, 2.45) is 0 Å². The number of nitrogens with zero attached hydrogens (tertiary/aromatic N) is 2. The summed E-state index contributed by atoms with van der Waals surface area (Å²) in [4.78, 5) is 51.1. The van der Waals surface area contributed by atoms with Gasteiger partial charge < -0.3 is 9.84 Å². The number of fused-ring (bicyclic) bond motifs is 1. The molecule has 2 rings (SSSR count). The Kier molecular flexibility index (Phi) is 3.97. The lowest BCUT2D eigenvalue weighted by Crippen LogP contribution is -2.45. The summed E-state index contributed by atoms with van der Waals surface area (Å²) in [6.07, 6.45) is 0.916. The van der Waals surface area contributed by atoms with Crippen molar-refractivity contribution >= 4 is 23.8 Å². The number of carboxylic acids is 1. The number of imide groups is 1. The second-order valence-corrected chi connectivity index (χ2v) is 4.35. The van der Waals surface area contributed by atoms with Crippen LogP contribution in [0.1, 0.15) is 33.7 Å². The van der Waals surface area contributed by atoms with E-state index in [1.807, 2.05) is 0 Å². The number of methoxy groups -OCH3 is 1. The van der Waals surface area contributed by atoms with Gasteiger partial charge in [0.2, 0.25) is 0 Å². The highest BCUT2D eigenvalue weighted by molar-refractivity contribution is 6.21. The van der Waals surface area contributed by atoms with E-state index in [-0.39, 0.29) is 24.1 Å². The Bertz CT molecular complexity index is 592. The third-order valence-electron chi connectivity index (χ3n) is 3.12. The Hall–Kier alpha value is -2.77. The minimum atomic E-state index is -1.43. The van der Waals surface area contributed by atoms with Crippen LogP contribution in [-0.2, 0) is 14.3 Å². The Morgan fingerprint density at radius 3 is 2.67 bits per heavy atom. The summed E-state index contributed by atoms with van der Waals surface area (Å²) in [6, 6.07) is 1.46. The second kappa shape index (κ2) is 5.70. The van der Waals surface area contributed by atoms with Gasteiger partial charge in [-0.2, -0.15) is 0 Å². The topological polar surface area (TPSA) is 114 Å². The molecule has 8 heteroatoms. The van der Waals surface area contributed by atoms with Crippen molar-refractivity contribution in [3.63, 3.8) is 0 Å². The van der Waals surface area contributed by atoms with Crippen LogP contribution in [0, 0.1) is 0 Å². The fourth-order valence-electron chi connectivity index (χ4n) is 2.09. The zero-order valence-electron chi connectivity index (χ0n) is 11.1. The SMILES string of the molecule is COC(=O)CCC(C(=O)O)N1C(=O)c2cccnc2C1=O. The van der Waals surface area contributed by atoms with E-state index >= 15 is 0 Å². The number of ether oxygens (including phenoxy) is 1. The van der Waals surface area contributed by atoms with Gasteiger partial charge in [0.25, 0.3) is 11.8 Å². The van der Waals surface area contributed by atoms with Gasteiger partial charge in [-0.1, -0.05) is 0 Å². The first-order valence-corrected chi connectivity index (χ1v) is 6.10. The number of carbonyl (C=O) groups excluding carboxylic acids is 3. The average Bonchev–Trinajstić information content (AvgIpc) is 2.72. The highest BCUT2D eigenvalue weighted by Gasteiger charge is 2.43. The predicted octanol–water partition coefficient (Wildman–Crippen LogP) is 0.0840. The van der Waals surface area contributed by atoms with Crippen LogP contribution in [0.4, 0.5) is 0 Å². The fraction of sp³-hybridized carbons (Fsp3) is 0.308.